The fourth-order valence-corrected chi connectivity index (χ4v) is 4.86. The highest BCUT2D eigenvalue weighted by Crippen LogP contribution is 2.36. The summed E-state index contributed by atoms with van der Waals surface area (Å²) < 4.78 is 41.1. The summed E-state index contributed by atoms with van der Waals surface area (Å²) in [6.45, 7) is 5.86. The Morgan fingerprint density at radius 2 is 1.97 bits per heavy atom. The lowest BCUT2D eigenvalue weighted by Crippen LogP contribution is -2.28. The molecular formula is C24H28ClN5O7S. The number of aromatic nitrogens is 2. The van der Waals surface area contributed by atoms with Crippen LogP contribution in [-0.4, -0.2) is 55.8 Å². The number of methoxy groups -OCH3 is 1. The summed E-state index contributed by atoms with van der Waals surface area (Å²) in [4.78, 5) is 23.1. The number of nitro groups is 1. The minimum absolute atomic E-state index is 0.0153. The number of nitro benzene ring substituents is 1. The van der Waals surface area contributed by atoms with Crippen molar-refractivity contribution in [2.75, 3.05) is 26.8 Å². The first-order valence-electron chi connectivity index (χ1n) is 11.5. The van der Waals surface area contributed by atoms with Gasteiger partial charge in [-0.3, -0.25) is 14.9 Å². The molecule has 3 aromatic rings. The first-order chi connectivity index (χ1) is 17.9. The predicted molar refractivity (Wildman–Crippen MR) is 141 cm³/mol. The zero-order chi connectivity index (χ0) is 28.0. The van der Waals surface area contributed by atoms with Crippen LogP contribution in [0.15, 0.2) is 47.4 Å². The summed E-state index contributed by atoms with van der Waals surface area (Å²) in [5.41, 5.74) is 0.341. The van der Waals surface area contributed by atoms with Crippen LogP contribution in [0.4, 0.5) is 5.69 Å². The Kier molecular flexibility index (Phi) is 9.44. The molecule has 0 saturated heterocycles. The quantitative estimate of drug-likeness (QED) is 0.191. The van der Waals surface area contributed by atoms with Gasteiger partial charge in [-0.25, -0.2) is 13.1 Å². The molecule has 0 bridgehead atoms. The van der Waals surface area contributed by atoms with Gasteiger partial charge in [0.2, 0.25) is 15.9 Å². The highest BCUT2D eigenvalue weighted by molar-refractivity contribution is 7.89. The maximum atomic E-state index is 13.1. The minimum atomic E-state index is -4.21. The molecule has 14 heteroatoms. The second-order valence-corrected chi connectivity index (χ2v) is 10.8. The van der Waals surface area contributed by atoms with Crippen LogP contribution >= 0.6 is 11.6 Å². The summed E-state index contributed by atoms with van der Waals surface area (Å²) in [5.74, 6) is -0.679. The van der Waals surface area contributed by atoms with Crippen LogP contribution in [0.3, 0.4) is 0 Å². The summed E-state index contributed by atoms with van der Waals surface area (Å²) in [6.07, 6.45) is 0. The molecule has 1 aromatic heterocycles. The number of hydrogen-bond acceptors (Lipinski definition) is 8. The van der Waals surface area contributed by atoms with Gasteiger partial charge in [0.05, 0.1) is 17.2 Å². The maximum Gasteiger partial charge on any atom is 0.272 e. The number of benzene rings is 2. The van der Waals surface area contributed by atoms with Crippen molar-refractivity contribution in [3.8, 4) is 17.3 Å². The van der Waals surface area contributed by atoms with Crippen LogP contribution < -0.4 is 14.8 Å². The predicted octanol–water partition coefficient (Wildman–Crippen LogP) is 3.85. The lowest BCUT2D eigenvalue weighted by molar-refractivity contribution is -0.385. The fraction of sp³-hybridized carbons (Fsp3) is 0.333. The number of ether oxygens (including phenoxy) is 2. The molecule has 1 amide bonds. The van der Waals surface area contributed by atoms with E-state index in [-0.39, 0.29) is 42.9 Å². The van der Waals surface area contributed by atoms with E-state index in [1.54, 1.807) is 31.2 Å². The standard InChI is InChI=1S/C24H28ClN5O7S/c1-15(2)14-27-38(34,35)21-13-19(30(32)33)8-9-20(21)37-24-16(3)22(23(31)26-10-11-36-4)28-29(24)18-7-5-6-17(25)12-18/h5-9,12-13,15,27H,10-11,14H2,1-4H3,(H,26,31). The number of nitrogens with zero attached hydrogens (tertiary/aromatic N) is 3. The average molecular weight is 566 g/mol. The van der Waals surface area contributed by atoms with E-state index in [0.29, 0.717) is 16.3 Å². The van der Waals surface area contributed by atoms with Gasteiger partial charge in [0, 0.05) is 42.9 Å². The third-order valence-corrected chi connectivity index (χ3v) is 6.92. The highest BCUT2D eigenvalue weighted by Gasteiger charge is 2.28. The first kappa shape index (κ1) is 29.0. The normalized spacial score (nSPS) is 11.5. The van der Waals surface area contributed by atoms with Crippen LogP contribution in [-0.2, 0) is 14.8 Å². The summed E-state index contributed by atoms with van der Waals surface area (Å²) in [5, 5.41) is 18.9. The number of rotatable bonds is 12. The lowest BCUT2D eigenvalue weighted by atomic mass is 10.2. The van der Waals surface area contributed by atoms with Crippen LogP contribution in [0.2, 0.25) is 5.02 Å². The van der Waals surface area contributed by atoms with Crippen molar-refractivity contribution >= 4 is 33.2 Å². The molecule has 38 heavy (non-hydrogen) atoms. The van der Waals surface area contributed by atoms with Crippen molar-refractivity contribution < 1.29 is 27.6 Å². The second-order valence-electron chi connectivity index (χ2n) is 8.66. The number of amides is 1. The Balaban J connectivity index is 2.15. The molecule has 0 fully saturated rings. The fourth-order valence-electron chi connectivity index (χ4n) is 3.31. The molecule has 0 unspecified atom stereocenters. The number of non-ortho nitro benzene ring substituents is 1. The van der Waals surface area contributed by atoms with Gasteiger partial charge in [0.15, 0.2) is 5.69 Å². The topological polar surface area (TPSA) is 155 Å². The molecule has 0 aliphatic rings. The van der Waals surface area contributed by atoms with E-state index in [2.05, 4.69) is 15.1 Å². The maximum absolute atomic E-state index is 13.1. The molecule has 2 aromatic carbocycles. The molecule has 0 spiro atoms. The molecule has 0 aliphatic carbocycles. The Morgan fingerprint density at radius 3 is 2.61 bits per heavy atom. The third-order valence-electron chi connectivity index (χ3n) is 5.24. The minimum Gasteiger partial charge on any atom is -0.437 e. The van der Waals surface area contributed by atoms with Gasteiger partial charge >= 0.3 is 0 Å². The molecule has 0 saturated carbocycles. The number of nitrogens with one attached hydrogen (secondary N) is 2. The first-order valence-corrected chi connectivity index (χ1v) is 13.4. The number of carbonyl (C=O) groups excluding carboxylic acids is 1. The van der Waals surface area contributed by atoms with Gasteiger partial charge in [-0.1, -0.05) is 31.5 Å². The van der Waals surface area contributed by atoms with Gasteiger partial charge in [-0.05, 0) is 37.1 Å². The molecule has 1 heterocycles. The SMILES string of the molecule is COCCNC(=O)c1nn(-c2cccc(Cl)c2)c(Oc2ccc([N+](=O)[O-])cc2S(=O)(=O)NCC(C)C)c1C. The Morgan fingerprint density at radius 1 is 1.24 bits per heavy atom. The van der Waals surface area contributed by atoms with Crippen molar-refractivity contribution in [2.45, 2.75) is 25.7 Å². The number of sulfonamides is 1. The molecule has 204 valence electrons. The Bertz CT molecular complexity index is 1440. The van der Waals surface area contributed by atoms with Crippen molar-refractivity contribution in [1.82, 2.24) is 19.8 Å². The smallest absolute Gasteiger partial charge is 0.272 e. The van der Waals surface area contributed by atoms with Crippen LogP contribution in [0, 0.1) is 23.0 Å². The number of halogens is 1. The van der Waals surface area contributed by atoms with Crippen LogP contribution in [0.5, 0.6) is 11.6 Å². The van der Waals surface area contributed by atoms with E-state index >= 15 is 0 Å². The van der Waals surface area contributed by atoms with E-state index in [1.165, 1.54) is 17.9 Å². The monoisotopic (exact) mass is 565 g/mol. The average Bonchev–Trinajstić information content (AvgIpc) is 3.19. The van der Waals surface area contributed by atoms with E-state index in [1.807, 2.05) is 13.8 Å². The molecule has 0 aliphatic heterocycles. The van der Waals surface area contributed by atoms with Gasteiger partial charge in [0.1, 0.15) is 10.6 Å². The third kappa shape index (κ3) is 6.86. The summed E-state index contributed by atoms with van der Waals surface area (Å²) >= 11 is 6.17. The summed E-state index contributed by atoms with van der Waals surface area (Å²) in [7, 11) is -2.70. The molecule has 0 atom stereocenters. The van der Waals surface area contributed by atoms with Gasteiger partial charge < -0.3 is 14.8 Å². The largest absolute Gasteiger partial charge is 0.437 e. The second kappa shape index (κ2) is 12.3. The molecule has 12 nitrogen and oxygen atoms in total. The van der Waals surface area contributed by atoms with Crippen LogP contribution in [0.25, 0.3) is 5.69 Å². The molecule has 0 radical (unpaired) electrons. The van der Waals surface area contributed by atoms with Crippen molar-refractivity contribution in [2.24, 2.45) is 5.92 Å². The van der Waals surface area contributed by atoms with Gasteiger partial charge in [-0.15, -0.1) is 0 Å². The van der Waals surface area contributed by atoms with E-state index < -0.39 is 31.4 Å². The zero-order valence-electron chi connectivity index (χ0n) is 21.2. The van der Waals surface area contributed by atoms with Crippen molar-refractivity contribution in [3.63, 3.8) is 0 Å². The highest BCUT2D eigenvalue weighted by atomic mass is 35.5. The number of hydrogen-bond donors (Lipinski definition) is 2. The van der Waals surface area contributed by atoms with Crippen molar-refractivity contribution in [3.05, 3.63) is 68.9 Å². The molecule has 2 N–H and O–H groups in total. The zero-order valence-corrected chi connectivity index (χ0v) is 22.8. The molecule has 3 rings (SSSR count). The van der Waals surface area contributed by atoms with E-state index in [0.717, 1.165) is 12.1 Å². The molecular weight excluding hydrogens is 538 g/mol. The lowest BCUT2D eigenvalue weighted by Gasteiger charge is -2.15. The Hall–Kier alpha value is -3.52. The van der Waals surface area contributed by atoms with E-state index in [4.69, 9.17) is 21.1 Å². The number of carbonyl (C=O) groups is 1. The van der Waals surface area contributed by atoms with Gasteiger partial charge in [0.25, 0.3) is 11.6 Å². The van der Waals surface area contributed by atoms with Crippen LogP contribution in [0.1, 0.15) is 29.9 Å². The van der Waals surface area contributed by atoms with E-state index in [9.17, 15) is 23.3 Å². The van der Waals surface area contributed by atoms with Gasteiger partial charge in [-0.2, -0.15) is 9.78 Å². The summed E-state index contributed by atoms with van der Waals surface area (Å²) in [6, 6.07) is 9.84. The van der Waals surface area contributed by atoms with Crippen molar-refractivity contribution in [1.29, 1.82) is 0 Å². The Labute approximate surface area is 225 Å².